The van der Waals surface area contributed by atoms with Crippen molar-refractivity contribution in [3.05, 3.63) is 44.3 Å². The Balaban J connectivity index is 1.33. The quantitative estimate of drug-likeness (QED) is 0.0547. The van der Waals surface area contributed by atoms with Crippen molar-refractivity contribution < 1.29 is 4.42 Å². The minimum atomic E-state index is 0.993. The Morgan fingerprint density at radius 3 is 1.16 bits per heavy atom. The first-order valence-electron chi connectivity index (χ1n) is 22.5. The fraction of sp³-hybridized carbons (Fsp3) is 0.750. The van der Waals surface area contributed by atoms with Gasteiger partial charge in [-0.3, -0.25) is 0 Å². The van der Waals surface area contributed by atoms with Gasteiger partial charge in [-0.2, -0.15) is 0 Å². The van der Waals surface area contributed by atoms with Crippen LogP contribution in [0.3, 0.4) is 0 Å². The van der Waals surface area contributed by atoms with Crippen molar-refractivity contribution in [1.82, 2.24) is 0 Å². The summed E-state index contributed by atoms with van der Waals surface area (Å²) in [6, 6.07) is 9.12. The second kappa shape index (κ2) is 29.5. The molecular formula is C48H78Br2O. The zero-order valence-corrected chi connectivity index (χ0v) is 36.7. The molecule has 0 atom stereocenters. The van der Waals surface area contributed by atoms with Crippen molar-refractivity contribution in [2.24, 2.45) is 0 Å². The molecule has 0 bridgehead atoms. The van der Waals surface area contributed by atoms with Crippen molar-refractivity contribution in [2.45, 2.75) is 232 Å². The van der Waals surface area contributed by atoms with E-state index in [4.69, 9.17) is 4.42 Å². The van der Waals surface area contributed by atoms with E-state index >= 15 is 0 Å². The highest BCUT2D eigenvalue weighted by Gasteiger charge is 2.16. The summed E-state index contributed by atoms with van der Waals surface area (Å²) in [4.78, 5) is 0. The van der Waals surface area contributed by atoms with E-state index in [9.17, 15) is 0 Å². The van der Waals surface area contributed by atoms with Crippen molar-refractivity contribution in [1.29, 1.82) is 0 Å². The van der Waals surface area contributed by atoms with E-state index in [1.165, 1.54) is 234 Å². The van der Waals surface area contributed by atoms with E-state index in [0.717, 1.165) is 26.5 Å². The van der Waals surface area contributed by atoms with Crippen LogP contribution in [0, 0.1) is 0 Å². The summed E-state index contributed by atoms with van der Waals surface area (Å²) in [5, 5.41) is 2.50. The number of fused-ring (bicyclic) bond motifs is 3. The standard InChI is InChI=1S/C48H78Br2O/c1-3-5-7-9-11-13-15-17-19-21-23-25-27-29-31-33-35-41-37-38-43-44-39-45(49)46(50)40-47(44)51-48(43)42(41)36-34-32-30-28-26-24-22-20-18-16-14-12-10-8-6-4-2/h37-40H,3-36H2,1-2H3. The molecule has 1 nitrogen and oxygen atoms in total. The lowest BCUT2D eigenvalue weighted by Gasteiger charge is -2.11. The molecular weight excluding hydrogens is 752 g/mol. The number of rotatable bonds is 34. The lowest BCUT2D eigenvalue weighted by atomic mass is 9.94. The highest BCUT2D eigenvalue weighted by Crippen LogP contribution is 2.38. The van der Waals surface area contributed by atoms with Crippen LogP contribution < -0.4 is 0 Å². The highest BCUT2D eigenvalue weighted by molar-refractivity contribution is 9.13. The number of aryl methyl sites for hydroxylation is 2. The van der Waals surface area contributed by atoms with Crippen LogP contribution in [0.25, 0.3) is 21.9 Å². The van der Waals surface area contributed by atoms with Crippen LogP contribution >= 0.6 is 31.9 Å². The van der Waals surface area contributed by atoms with E-state index in [-0.39, 0.29) is 0 Å². The molecule has 0 saturated heterocycles. The van der Waals surface area contributed by atoms with Crippen LogP contribution in [-0.2, 0) is 12.8 Å². The molecule has 0 radical (unpaired) electrons. The second-order valence-electron chi connectivity index (χ2n) is 16.1. The van der Waals surface area contributed by atoms with Crippen LogP contribution in [0.1, 0.15) is 230 Å². The normalized spacial score (nSPS) is 11.8. The Labute approximate surface area is 332 Å². The van der Waals surface area contributed by atoms with Gasteiger partial charge in [-0.15, -0.1) is 0 Å². The van der Waals surface area contributed by atoms with Gasteiger partial charge < -0.3 is 4.42 Å². The van der Waals surface area contributed by atoms with Crippen molar-refractivity contribution in [2.75, 3.05) is 0 Å². The molecule has 3 aromatic rings. The van der Waals surface area contributed by atoms with Crippen LogP contribution in [-0.4, -0.2) is 0 Å². The maximum absolute atomic E-state index is 6.62. The molecule has 0 saturated carbocycles. The smallest absolute Gasteiger partial charge is 0.138 e. The first-order chi connectivity index (χ1) is 25.2. The van der Waals surface area contributed by atoms with Gasteiger partial charge in [-0.05, 0) is 80.8 Å². The third-order valence-electron chi connectivity index (χ3n) is 11.5. The van der Waals surface area contributed by atoms with Gasteiger partial charge >= 0.3 is 0 Å². The van der Waals surface area contributed by atoms with Gasteiger partial charge in [0, 0.05) is 19.7 Å². The molecule has 0 amide bonds. The van der Waals surface area contributed by atoms with Crippen molar-refractivity contribution in [3.8, 4) is 0 Å². The minimum Gasteiger partial charge on any atom is -0.456 e. The molecule has 0 aliphatic carbocycles. The summed E-state index contributed by atoms with van der Waals surface area (Å²) in [6.45, 7) is 4.61. The molecule has 0 unspecified atom stereocenters. The minimum absolute atomic E-state index is 0.993. The van der Waals surface area contributed by atoms with Gasteiger partial charge in [0.2, 0.25) is 0 Å². The van der Waals surface area contributed by atoms with E-state index < -0.39 is 0 Å². The number of hydrogen-bond acceptors (Lipinski definition) is 1. The van der Waals surface area contributed by atoms with Gasteiger partial charge in [-0.1, -0.05) is 219 Å². The first-order valence-corrected chi connectivity index (χ1v) is 24.1. The van der Waals surface area contributed by atoms with Crippen LogP contribution in [0.2, 0.25) is 0 Å². The Kier molecular flexibility index (Phi) is 25.8. The SMILES string of the molecule is CCCCCCCCCCCCCCCCCCc1ccc2c(oc3cc(Br)c(Br)cc32)c1CCCCCCCCCCCCCCCCCC. The fourth-order valence-electron chi connectivity index (χ4n) is 8.15. The molecule has 1 heterocycles. The van der Waals surface area contributed by atoms with E-state index in [0.29, 0.717) is 0 Å². The summed E-state index contributed by atoms with van der Waals surface area (Å²) in [5.41, 5.74) is 5.16. The lowest BCUT2D eigenvalue weighted by molar-refractivity contribution is 0.528. The van der Waals surface area contributed by atoms with Crippen LogP contribution in [0.15, 0.2) is 37.6 Å². The predicted octanol–water partition coefficient (Wildman–Crippen LogP) is 18.7. The Morgan fingerprint density at radius 2 is 0.745 bits per heavy atom. The summed E-state index contributed by atoms with van der Waals surface area (Å²) < 4.78 is 8.77. The third-order valence-corrected chi connectivity index (χ3v) is 13.3. The Bertz CT molecular complexity index is 1280. The Morgan fingerprint density at radius 1 is 0.392 bits per heavy atom. The maximum atomic E-state index is 6.62. The fourth-order valence-corrected chi connectivity index (χ4v) is 8.82. The van der Waals surface area contributed by atoms with E-state index in [1.54, 1.807) is 0 Å². The molecule has 3 rings (SSSR count). The zero-order chi connectivity index (χ0) is 36.2. The molecule has 3 heteroatoms. The molecule has 1 aromatic heterocycles. The Hall–Kier alpha value is -0.800. The number of furan rings is 1. The van der Waals surface area contributed by atoms with Crippen molar-refractivity contribution in [3.63, 3.8) is 0 Å². The van der Waals surface area contributed by atoms with Crippen LogP contribution in [0.5, 0.6) is 0 Å². The molecule has 51 heavy (non-hydrogen) atoms. The molecule has 2 aromatic carbocycles. The molecule has 0 fully saturated rings. The number of hydrogen-bond donors (Lipinski definition) is 0. The molecule has 0 spiro atoms. The number of unbranched alkanes of at least 4 members (excludes halogenated alkanes) is 30. The largest absolute Gasteiger partial charge is 0.456 e. The summed E-state index contributed by atoms with van der Waals surface area (Å²) in [6.07, 6.45) is 47.8. The molecule has 0 aliphatic heterocycles. The van der Waals surface area contributed by atoms with Gasteiger partial charge in [0.1, 0.15) is 11.2 Å². The van der Waals surface area contributed by atoms with Gasteiger partial charge in [0.05, 0.1) is 0 Å². The molecule has 0 aliphatic rings. The molecule has 290 valence electrons. The topological polar surface area (TPSA) is 13.1 Å². The zero-order valence-electron chi connectivity index (χ0n) is 33.5. The van der Waals surface area contributed by atoms with E-state index in [1.807, 2.05) is 0 Å². The van der Waals surface area contributed by atoms with Gasteiger partial charge in [-0.25, -0.2) is 0 Å². The number of benzene rings is 2. The average molecular weight is 831 g/mol. The number of halogens is 2. The summed E-state index contributed by atoms with van der Waals surface area (Å²) in [5.74, 6) is 0. The first kappa shape index (κ1) is 44.6. The third kappa shape index (κ3) is 18.9. The molecule has 0 N–H and O–H groups in total. The van der Waals surface area contributed by atoms with Crippen LogP contribution in [0.4, 0.5) is 0 Å². The van der Waals surface area contributed by atoms with Gasteiger partial charge in [0.15, 0.2) is 0 Å². The summed E-state index contributed by atoms with van der Waals surface area (Å²) in [7, 11) is 0. The second-order valence-corrected chi connectivity index (χ2v) is 17.8. The maximum Gasteiger partial charge on any atom is 0.138 e. The van der Waals surface area contributed by atoms with Crippen molar-refractivity contribution >= 4 is 53.8 Å². The summed E-state index contributed by atoms with van der Waals surface area (Å²) >= 11 is 7.42. The monoisotopic (exact) mass is 828 g/mol. The predicted molar refractivity (Wildman–Crippen MR) is 236 cm³/mol. The lowest BCUT2D eigenvalue weighted by Crippen LogP contribution is -1.97. The van der Waals surface area contributed by atoms with E-state index in [2.05, 4.69) is 70.0 Å². The van der Waals surface area contributed by atoms with Gasteiger partial charge in [0.25, 0.3) is 0 Å². The average Bonchev–Trinajstić information content (AvgIpc) is 3.48. The highest BCUT2D eigenvalue weighted by atomic mass is 79.9.